The van der Waals surface area contributed by atoms with E-state index in [-0.39, 0.29) is 0 Å². The molecule has 0 aromatic carbocycles. The molecule has 0 aliphatic carbocycles. The monoisotopic (exact) mass is 176 g/mol. The Labute approximate surface area is 62.0 Å². The van der Waals surface area contributed by atoms with Gasteiger partial charge in [0.15, 0.2) is 0 Å². The Hall–Kier alpha value is 0.914. The zero-order valence-electron chi connectivity index (χ0n) is 3.37. The molecule has 0 unspecified atom stereocenters. The number of hydrogen-bond acceptors (Lipinski definition) is 0. The van der Waals surface area contributed by atoms with Gasteiger partial charge in [-0.2, -0.15) is 0 Å². The maximum absolute atomic E-state index is 5.31. The number of allylic oxidation sites excluding steroid dienone is 1. The van der Waals surface area contributed by atoms with Crippen LogP contribution in [0.4, 0.5) is 0 Å². The summed E-state index contributed by atoms with van der Waals surface area (Å²) in [6.07, 6.45) is 0. The molecule has 0 nitrogen and oxygen atoms in total. The molecule has 30 valence electrons. The van der Waals surface area contributed by atoms with E-state index in [2.05, 4.69) is 9.17 Å². The Morgan fingerprint density at radius 2 is 2.50 bits per heavy atom. The van der Waals surface area contributed by atoms with Crippen molar-refractivity contribution in [2.24, 2.45) is 0 Å². The second-order valence-electron chi connectivity index (χ2n) is 0.882. The summed E-state index contributed by atoms with van der Waals surface area (Å²) in [5.41, 5.74) is 0.916. The van der Waals surface area contributed by atoms with Crippen molar-refractivity contribution in [3.63, 3.8) is 0 Å². The van der Waals surface area contributed by atoms with Gasteiger partial charge in [-0.15, -0.1) is 0 Å². The van der Waals surface area contributed by atoms with E-state index < -0.39 is 0 Å². The van der Waals surface area contributed by atoms with Gasteiger partial charge >= 0.3 is 62.5 Å². The van der Waals surface area contributed by atoms with Crippen LogP contribution in [0, 0.1) is 2.59 Å². The van der Waals surface area contributed by atoms with E-state index in [1.54, 1.807) is 0 Å². The van der Waals surface area contributed by atoms with Gasteiger partial charge in [-0.3, -0.25) is 0 Å². The molecule has 0 aliphatic rings. The van der Waals surface area contributed by atoms with Crippen molar-refractivity contribution in [1.29, 1.82) is 0 Å². The van der Waals surface area contributed by atoms with E-state index in [4.69, 9.17) is 11.6 Å². The van der Waals surface area contributed by atoms with Crippen molar-refractivity contribution in [2.75, 3.05) is 5.88 Å². The Balaban J connectivity index is 3.33. The van der Waals surface area contributed by atoms with Crippen LogP contribution >= 0.6 is 11.6 Å². The van der Waals surface area contributed by atoms with E-state index in [0.717, 1.165) is 35.8 Å². The number of alkyl halides is 1. The van der Waals surface area contributed by atoms with E-state index in [0.29, 0.717) is 5.88 Å². The number of rotatable bonds is 1. The molecule has 0 amide bonds. The van der Waals surface area contributed by atoms with Crippen LogP contribution in [0.5, 0.6) is 0 Å². The summed E-state index contributed by atoms with van der Waals surface area (Å²) in [6.45, 7) is 3.58. The second-order valence-corrected chi connectivity index (χ2v) is 1.86. The normalized spacial score (nSPS) is 7.17. The van der Waals surface area contributed by atoms with Gasteiger partial charge in [0, 0.05) is 0 Å². The average Bonchev–Trinajstić information content (AvgIpc) is 1.65. The molecule has 0 aromatic heterocycles. The summed E-state index contributed by atoms with van der Waals surface area (Å²) in [6, 6.07) is 0. The molecule has 6 heavy (non-hydrogen) atoms. The van der Waals surface area contributed by atoms with Gasteiger partial charge in [-0.25, -0.2) is 0 Å². The molecular weight excluding hydrogens is 172 g/mol. The first-order valence-corrected chi connectivity index (χ1v) is 3.47. The average molecular weight is 176 g/mol. The van der Waals surface area contributed by atoms with Gasteiger partial charge in [0.25, 0.3) is 0 Å². The quantitative estimate of drug-likeness (QED) is 0.528. The third-order valence-corrected chi connectivity index (χ3v) is 1.69. The van der Waals surface area contributed by atoms with Gasteiger partial charge in [0.2, 0.25) is 0 Å². The first kappa shape index (κ1) is 6.91. The molecule has 0 atom stereocenters. The number of hydrogen-bond donors (Lipinski definition) is 0. The Bertz CT molecular complexity index is 90.2. The molecular formula is C4H4ClY. The van der Waals surface area contributed by atoms with E-state index >= 15 is 0 Å². The molecule has 0 fully saturated rings. The molecule has 0 rings (SSSR count). The van der Waals surface area contributed by atoms with E-state index in [9.17, 15) is 0 Å². The topological polar surface area (TPSA) is 0 Å². The fourth-order valence-electron chi connectivity index (χ4n) is 0.0386. The second kappa shape index (κ2) is 4.08. The SMILES string of the molecule is C=C([C]#[Y])CCl. The van der Waals surface area contributed by atoms with Crippen molar-refractivity contribution >= 4 is 11.6 Å². The zero-order chi connectivity index (χ0) is 4.99. The van der Waals surface area contributed by atoms with E-state index in [1.165, 1.54) is 0 Å². The minimum atomic E-state index is 0.529. The molecule has 0 radical (unpaired) electrons. The van der Waals surface area contributed by atoms with Crippen LogP contribution in [-0.4, -0.2) is 5.88 Å². The minimum absolute atomic E-state index is 0.529. The van der Waals surface area contributed by atoms with Crippen molar-refractivity contribution in [2.45, 2.75) is 0 Å². The molecule has 0 spiro atoms. The maximum atomic E-state index is 5.31. The molecule has 0 aromatic rings. The molecule has 0 aliphatic heterocycles. The van der Waals surface area contributed by atoms with Crippen LogP contribution < -0.4 is 0 Å². The van der Waals surface area contributed by atoms with Crippen LogP contribution in [0.15, 0.2) is 12.2 Å². The molecule has 0 N–H and O–H groups in total. The van der Waals surface area contributed by atoms with Crippen LogP contribution in [0.1, 0.15) is 0 Å². The zero-order valence-corrected chi connectivity index (χ0v) is 6.96. The summed E-state index contributed by atoms with van der Waals surface area (Å²) >= 11 is 6.31. The summed E-state index contributed by atoms with van der Waals surface area (Å²) in [7, 11) is 0. The summed E-state index contributed by atoms with van der Waals surface area (Å²) in [5.74, 6) is 0.529. The Morgan fingerprint density at radius 1 is 2.00 bits per heavy atom. The van der Waals surface area contributed by atoms with Gasteiger partial charge in [0.05, 0.1) is 0 Å². The van der Waals surface area contributed by atoms with Crippen LogP contribution in [0.3, 0.4) is 0 Å². The molecule has 0 saturated carbocycles. The summed E-state index contributed by atoms with van der Waals surface area (Å²) in [5, 5.41) is 0. The molecule has 0 saturated heterocycles. The third kappa shape index (κ3) is 3.12. The summed E-state index contributed by atoms with van der Waals surface area (Å²) in [4.78, 5) is 0. The Kier molecular flexibility index (Phi) is 4.70. The van der Waals surface area contributed by atoms with Gasteiger partial charge in [-0.05, 0) is 0 Å². The van der Waals surface area contributed by atoms with Crippen molar-refractivity contribution in [1.82, 2.24) is 0 Å². The van der Waals surface area contributed by atoms with Crippen molar-refractivity contribution < 1.29 is 30.2 Å². The third-order valence-electron chi connectivity index (χ3n) is 0.365. The van der Waals surface area contributed by atoms with Gasteiger partial charge in [0.1, 0.15) is 0 Å². The first-order valence-electron chi connectivity index (χ1n) is 1.51. The van der Waals surface area contributed by atoms with Crippen molar-refractivity contribution in [3.05, 3.63) is 12.2 Å². The Morgan fingerprint density at radius 3 is 2.50 bits per heavy atom. The molecule has 0 heterocycles. The summed E-state index contributed by atoms with van der Waals surface area (Å²) < 4.78 is 2.92. The van der Waals surface area contributed by atoms with Crippen molar-refractivity contribution in [3.8, 4) is 2.59 Å². The molecule has 2 heteroatoms. The number of halogens is 1. The van der Waals surface area contributed by atoms with Gasteiger partial charge < -0.3 is 0 Å². The predicted molar refractivity (Wildman–Crippen MR) is 23.7 cm³/mol. The van der Waals surface area contributed by atoms with Gasteiger partial charge in [-0.1, -0.05) is 0 Å². The van der Waals surface area contributed by atoms with Crippen LogP contribution in [0.2, 0.25) is 0 Å². The fraction of sp³-hybridized carbons (Fsp3) is 0.250. The first-order chi connectivity index (χ1) is 2.81. The van der Waals surface area contributed by atoms with Crippen LogP contribution in [0.25, 0.3) is 0 Å². The van der Waals surface area contributed by atoms with E-state index in [1.807, 2.05) is 0 Å². The fourth-order valence-corrected chi connectivity index (χ4v) is 0.685. The van der Waals surface area contributed by atoms with Crippen LogP contribution in [-0.2, 0) is 30.2 Å². The standard InChI is InChI=1S/C4H4Cl.Y/c1-4(2)3-5;/h1,3H2;. The molecule has 0 bridgehead atoms. The predicted octanol–water partition coefficient (Wildman–Crippen LogP) is 1.29.